The SMILES string of the molecule is NC(CCCCNC1CCCNC1=O)=NO. The van der Waals surface area contributed by atoms with Gasteiger partial charge in [0.05, 0.1) is 6.04 Å². The summed E-state index contributed by atoms with van der Waals surface area (Å²) in [4.78, 5) is 11.4. The maximum atomic E-state index is 11.4. The molecule has 0 aromatic rings. The van der Waals surface area contributed by atoms with Crippen LogP contribution in [-0.4, -0.2) is 36.1 Å². The first-order valence-corrected chi connectivity index (χ1v) is 5.71. The van der Waals surface area contributed by atoms with Gasteiger partial charge >= 0.3 is 0 Å². The number of nitrogens with two attached hydrogens (primary N) is 1. The predicted molar refractivity (Wildman–Crippen MR) is 61.3 cm³/mol. The highest BCUT2D eigenvalue weighted by Gasteiger charge is 2.20. The third-order valence-electron chi connectivity index (χ3n) is 2.66. The molecule has 6 nitrogen and oxygen atoms in total. The molecular weight excluding hydrogens is 208 g/mol. The highest BCUT2D eigenvalue weighted by Crippen LogP contribution is 2.03. The van der Waals surface area contributed by atoms with Crippen LogP contribution in [0.5, 0.6) is 0 Å². The summed E-state index contributed by atoms with van der Waals surface area (Å²) in [7, 11) is 0. The Kier molecular flexibility index (Phi) is 5.63. The molecule has 0 aromatic carbocycles. The second-order valence-corrected chi connectivity index (χ2v) is 3.99. The molecule has 0 aromatic heterocycles. The van der Waals surface area contributed by atoms with Crippen LogP contribution in [0.25, 0.3) is 0 Å². The molecule has 1 saturated heterocycles. The number of amides is 1. The number of oxime groups is 1. The van der Waals surface area contributed by atoms with Crippen molar-refractivity contribution in [3.05, 3.63) is 0 Å². The molecule has 5 N–H and O–H groups in total. The first kappa shape index (κ1) is 12.8. The van der Waals surface area contributed by atoms with Crippen molar-refractivity contribution in [2.24, 2.45) is 10.9 Å². The number of piperidine rings is 1. The topological polar surface area (TPSA) is 99.7 Å². The van der Waals surface area contributed by atoms with Crippen LogP contribution in [-0.2, 0) is 4.79 Å². The molecule has 1 aliphatic rings. The summed E-state index contributed by atoms with van der Waals surface area (Å²) in [5.41, 5.74) is 5.34. The van der Waals surface area contributed by atoms with Crippen LogP contribution < -0.4 is 16.4 Å². The first-order chi connectivity index (χ1) is 7.74. The standard InChI is InChI=1S/C10H20N4O2/c11-9(14-16)5-1-2-6-12-8-4-3-7-13-10(8)15/h8,12,16H,1-7H2,(H2,11,14)(H,13,15). The molecule has 0 saturated carbocycles. The smallest absolute Gasteiger partial charge is 0.237 e. The molecule has 0 bridgehead atoms. The maximum Gasteiger partial charge on any atom is 0.237 e. The van der Waals surface area contributed by atoms with Crippen molar-refractivity contribution in [2.75, 3.05) is 13.1 Å². The van der Waals surface area contributed by atoms with E-state index < -0.39 is 0 Å². The van der Waals surface area contributed by atoms with Gasteiger partial charge in [0, 0.05) is 13.0 Å². The quantitative estimate of drug-likeness (QED) is 0.166. The third-order valence-corrected chi connectivity index (χ3v) is 2.66. The van der Waals surface area contributed by atoms with E-state index in [0.29, 0.717) is 6.42 Å². The Morgan fingerprint density at radius 3 is 3.12 bits per heavy atom. The van der Waals surface area contributed by atoms with Gasteiger partial charge in [-0.05, 0) is 32.2 Å². The molecule has 16 heavy (non-hydrogen) atoms. The van der Waals surface area contributed by atoms with E-state index in [9.17, 15) is 4.79 Å². The first-order valence-electron chi connectivity index (χ1n) is 5.71. The van der Waals surface area contributed by atoms with E-state index in [1.54, 1.807) is 0 Å². The number of unbranched alkanes of at least 4 members (excludes halogenated alkanes) is 1. The second kappa shape index (κ2) is 7.05. The van der Waals surface area contributed by atoms with E-state index in [4.69, 9.17) is 10.9 Å². The van der Waals surface area contributed by atoms with Crippen LogP contribution in [0.4, 0.5) is 0 Å². The van der Waals surface area contributed by atoms with Gasteiger partial charge in [-0.15, -0.1) is 0 Å². The molecule has 1 fully saturated rings. The van der Waals surface area contributed by atoms with Crippen molar-refractivity contribution < 1.29 is 10.0 Å². The normalized spacial score (nSPS) is 21.9. The molecular formula is C10H20N4O2. The Morgan fingerprint density at radius 1 is 1.62 bits per heavy atom. The third kappa shape index (κ3) is 4.48. The Hall–Kier alpha value is -1.30. The molecule has 1 rings (SSSR count). The predicted octanol–water partition coefficient (Wildman–Crippen LogP) is -0.229. The number of nitrogens with one attached hydrogen (secondary N) is 2. The molecule has 6 heteroatoms. The fourth-order valence-electron chi connectivity index (χ4n) is 1.72. The highest BCUT2D eigenvalue weighted by molar-refractivity contribution is 5.82. The van der Waals surface area contributed by atoms with Gasteiger partial charge in [-0.1, -0.05) is 5.16 Å². The number of amidine groups is 1. The monoisotopic (exact) mass is 228 g/mol. The van der Waals surface area contributed by atoms with Gasteiger partial charge in [0.25, 0.3) is 0 Å². The lowest BCUT2D eigenvalue weighted by Crippen LogP contribution is -2.48. The van der Waals surface area contributed by atoms with Crippen molar-refractivity contribution in [3.63, 3.8) is 0 Å². The van der Waals surface area contributed by atoms with E-state index in [0.717, 1.165) is 38.8 Å². The summed E-state index contributed by atoms with van der Waals surface area (Å²) in [6, 6.07) is -0.0439. The number of rotatable bonds is 6. The van der Waals surface area contributed by atoms with Crippen LogP contribution in [0.15, 0.2) is 5.16 Å². The molecule has 1 unspecified atom stereocenters. The van der Waals surface area contributed by atoms with Gasteiger partial charge in [-0.25, -0.2) is 0 Å². The Balaban J connectivity index is 2.04. The van der Waals surface area contributed by atoms with E-state index >= 15 is 0 Å². The summed E-state index contributed by atoms with van der Waals surface area (Å²) in [5, 5.41) is 17.3. The molecule has 0 aliphatic carbocycles. The van der Waals surface area contributed by atoms with Gasteiger partial charge in [-0.2, -0.15) is 0 Å². The van der Waals surface area contributed by atoms with E-state index in [1.807, 2.05) is 0 Å². The van der Waals surface area contributed by atoms with Crippen LogP contribution in [0, 0.1) is 0 Å². The van der Waals surface area contributed by atoms with Crippen LogP contribution in [0.3, 0.4) is 0 Å². The number of hydrogen-bond acceptors (Lipinski definition) is 4. The zero-order chi connectivity index (χ0) is 11.8. The lowest BCUT2D eigenvalue weighted by Gasteiger charge is -2.22. The Labute approximate surface area is 95.3 Å². The molecule has 0 radical (unpaired) electrons. The lowest BCUT2D eigenvalue weighted by atomic mass is 10.1. The zero-order valence-electron chi connectivity index (χ0n) is 9.41. The second-order valence-electron chi connectivity index (χ2n) is 3.99. The molecule has 1 amide bonds. The zero-order valence-corrected chi connectivity index (χ0v) is 9.41. The van der Waals surface area contributed by atoms with Crippen molar-refractivity contribution in [2.45, 2.75) is 38.1 Å². The van der Waals surface area contributed by atoms with Crippen molar-refractivity contribution in [1.82, 2.24) is 10.6 Å². The minimum Gasteiger partial charge on any atom is -0.409 e. The molecule has 0 spiro atoms. The van der Waals surface area contributed by atoms with Crippen LogP contribution in [0.2, 0.25) is 0 Å². The number of carbonyl (C=O) groups is 1. The largest absolute Gasteiger partial charge is 0.409 e. The molecule has 1 aliphatic heterocycles. The van der Waals surface area contributed by atoms with E-state index in [1.165, 1.54) is 0 Å². The van der Waals surface area contributed by atoms with Crippen LogP contribution >= 0.6 is 0 Å². The minimum atomic E-state index is -0.0439. The van der Waals surface area contributed by atoms with Gasteiger partial charge in [0.15, 0.2) is 0 Å². The lowest BCUT2D eigenvalue weighted by molar-refractivity contribution is -0.124. The summed E-state index contributed by atoms with van der Waals surface area (Å²) >= 11 is 0. The summed E-state index contributed by atoms with van der Waals surface area (Å²) < 4.78 is 0. The molecule has 1 atom stereocenters. The van der Waals surface area contributed by atoms with Gasteiger partial charge in [0.2, 0.25) is 5.91 Å². The van der Waals surface area contributed by atoms with Gasteiger partial charge in [-0.3, -0.25) is 4.79 Å². The minimum absolute atomic E-state index is 0.0439. The summed E-state index contributed by atoms with van der Waals surface area (Å²) in [6.45, 7) is 1.58. The van der Waals surface area contributed by atoms with Crippen LogP contribution in [0.1, 0.15) is 32.1 Å². The number of nitrogens with zero attached hydrogens (tertiary/aromatic N) is 1. The van der Waals surface area contributed by atoms with E-state index in [2.05, 4.69) is 15.8 Å². The Bertz CT molecular complexity index is 255. The fourth-order valence-corrected chi connectivity index (χ4v) is 1.72. The summed E-state index contributed by atoms with van der Waals surface area (Å²) in [6.07, 6.45) is 4.31. The van der Waals surface area contributed by atoms with E-state index in [-0.39, 0.29) is 17.8 Å². The average molecular weight is 228 g/mol. The van der Waals surface area contributed by atoms with Gasteiger partial charge < -0.3 is 21.6 Å². The number of hydrogen-bond donors (Lipinski definition) is 4. The fraction of sp³-hybridized carbons (Fsp3) is 0.800. The average Bonchev–Trinajstić information content (AvgIpc) is 2.30. The number of carbonyl (C=O) groups excluding carboxylic acids is 1. The maximum absolute atomic E-state index is 11.4. The van der Waals surface area contributed by atoms with Crippen molar-refractivity contribution >= 4 is 11.7 Å². The summed E-state index contributed by atoms with van der Waals surface area (Å²) in [5.74, 6) is 0.359. The van der Waals surface area contributed by atoms with Crippen molar-refractivity contribution in [1.29, 1.82) is 0 Å². The Morgan fingerprint density at radius 2 is 2.44 bits per heavy atom. The highest BCUT2D eigenvalue weighted by atomic mass is 16.4. The van der Waals surface area contributed by atoms with Crippen molar-refractivity contribution in [3.8, 4) is 0 Å². The molecule has 92 valence electrons. The van der Waals surface area contributed by atoms with Gasteiger partial charge in [0.1, 0.15) is 5.84 Å². The molecule has 1 heterocycles.